The molecule has 2 N–H and O–H groups in total. The van der Waals surface area contributed by atoms with E-state index in [0.717, 1.165) is 57.3 Å². The molecule has 2 heterocycles. The highest BCUT2D eigenvalue weighted by Gasteiger charge is 2.26. The molecule has 1 aromatic carbocycles. The molecular weight excluding hydrogens is 324 g/mol. The third kappa shape index (κ3) is 4.98. The number of anilines is 2. The van der Waals surface area contributed by atoms with Crippen LogP contribution in [0.25, 0.3) is 0 Å². The number of benzene rings is 1. The first kappa shape index (κ1) is 17.8. The van der Waals surface area contributed by atoms with E-state index in [4.69, 9.17) is 0 Å². The van der Waals surface area contributed by atoms with E-state index in [1.54, 1.807) is 0 Å². The van der Waals surface area contributed by atoms with Crippen LogP contribution in [0.2, 0.25) is 0 Å². The Balaban J connectivity index is 1.25. The zero-order valence-corrected chi connectivity index (χ0v) is 15.8. The van der Waals surface area contributed by atoms with Gasteiger partial charge in [0.15, 0.2) is 0 Å². The molecule has 0 spiro atoms. The summed E-state index contributed by atoms with van der Waals surface area (Å²) in [6.45, 7) is 7.93. The summed E-state index contributed by atoms with van der Waals surface area (Å²) in [7, 11) is 0. The van der Waals surface area contributed by atoms with Gasteiger partial charge in [0.25, 0.3) is 0 Å². The van der Waals surface area contributed by atoms with E-state index in [0.29, 0.717) is 12.3 Å². The van der Waals surface area contributed by atoms with Crippen LogP contribution >= 0.6 is 0 Å². The second-order valence-electron chi connectivity index (χ2n) is 8.23. The molecule has 5 heteroatoms. The van der Waals surface area contributed by atoms with Crippen LogP contribution in [0.15, 0.2) is 24.3 Å². The summed E-state index contributed by atoms with van der Waals surface area (Å²) in [5.74, 6) is 1.78. The van der Waals surface area contributed by atoms with Gasteiger partial charge in [0.2, 0.25) is 5.91 Å². The Morgan fingerprint density at radius 1 is 1.12 bits per heavy atom. The molecule has 1 atom stereocenters. The average molecular weight is 357 g/mol. The van der Waals surface area contributed by atoms with Crippen LogP contribution in [0.5, 0.6) is 0 Å². The van der Waals surface area contributed by atoms with Gasteiger partial charge in [0.1, 0.15) is 0 Å². The van der Waals surface area contributed by atoms with Crippen molar-refractivity contribution in [3.8, 4) is 0 Å². The summed E-state index contributed by atoms with van der Waals surface area (Å²) in [5, 5.41) is 6.46. The van der Waals surface area contributed by atoms with Crippen LogP contribution < -0.4 is 15.5 Å². The number of piperazine rings is 1. The van der Waals surface area contributed by atoms with E-state index in [1.165, 1.54) is 31.5 Å². The van der Waals surface area contributed by atoms with Crippen LogP contribution in [0.1, 0.15) is 32.1 Å². The molecule has 1 saturated carbocycles. The lowest BCUT2D eigenvalue weighted by Gasteiger charge is -2.36. The number of nitrogens with zero attached hydrogens (tertiary/aromatic N) is 2. The lowest BCUT2D eigenvalue weighted by Crippen LogP contribution is -2.47. The van der Waals surface area contributed by atoms with E-state index in [-0.39, 0.29) is 5.91 Å². The average Bonchev–Trinajstić information content (AvgIpc) is 3.31. The highest BCUT2D eigenvalue weighted by Crippen LogP contribution is 2.30. The Morgan fingerprint density at radius 3 is 2.69 bits per heavy atom. The Kier molecular flexibility index (Phi) is 5.75. The fourth-order valence-electron chi connectivity index (χ4n) is 4.15. The van der Waals surface area contributed by atoms with Crippen LogP contribution in [-0.2, 0) is 4.79 Å². The number of amides is 1. The minimum Gasteiger partial charge on any atom is -0.369 e. The van der Waals surface area contributed by atoms with Crippen LogP contribution in [0.4, 0.5) is 11.4 Å². The molecule has 0 radical (unpaired) electrons. The van der Waals surface area contributed by atoms with Crippen molar-refractivity contribution >= 4 is 17.3 Å². The first-order valence-corrected chi connectivity index (χ1v) is 10.3. The highest BCUT2D eigenvalue weighted by molar-refractivity contribution is 5.91. The molecule has 2 aliphatic heterocycles. The number of rotatable bonds is 7. The maximum atomic E-state index is 12.3. The summed E-state index contributed by atoms with van der Waals surface area (Å²) in [5.41, 5.74) is 2.16. The van der Waals surface area contributed by atoms with E-state index >= 15 is 0 Å². The van der Waals surface area contributed by atoms with Crippen LogP contribution in [0, 0.1) is 11.8 Å². The summed E-state index contributed by atoms with van der Waals surface area (Å²) in [6.07, 6.45) is 5.67. The maximum absolute atomic E-state index is 12.3. The number of hydrogen-bond acceptors (Lipinski definition) is 4. The van der Waals surface area contributed by atoms with Crippen molar-refractivity contribution in [1.82, 2.24) is 10.2 Å². The topological polar surface area (TPSA) is 47.6 Å². The van der Waals surface area contributed by atoms with Gasteiger partial charge in [-0.3, -0.25) is 9.69 Å². The second-order valence-corrected chi connectivity index (χ2v) is 8.23. The van der Waals surface area contributed by atoms with Crippen molar-refractivity contribution in [2.75, 3.05) is 56.0 Å². The van der Waals surface area contributed by atoms with Crippen molar-refractivity contribution in [3.63, 3.8) is 0 Å². The Bertz CT molecular complexity index is 602. The van der Waals surface area contributed by atoms with E-state index in [1.807, 2.05) is 6.07 Å². The summed E-state index contributed by atoms with van der Waals surface area (Å²) >= 11 is 0. The molecule has 2 saturated heterocycles. The van der Waals surface area contributed by atoms with Crippen molar-refractivity contribution in [3.05, 3.63) is 24.3 Å². The van der Waals surface area contributed by atoms with Crippen molar-refractivity contribution < 1.29 is 4.79 Å². The normalized spacial score (nSPS) is 24.0. The van der Waals surface area contributed by atoms with Gasteiger partial charge in [-0.1, -0.05) is 6.07 Å². The number of carbonyl (C=O) groups is 1. The molecule has 142 valence electrons. The fourth-order valence-corrected chi connectivity index (χ4v) is 4.15. The summed E-state index contributed by atoms with van der Waals surface area (Å²) in [4.78, 5) is 17.3. The van der Waals surface area contributed by atoms with E-state index in [9.17, 15) is 4.79 Å². The summed E-state index contributed by atoms with van der Waals surface area (Å²) < 4.78 is 0. The lowest BCUT2D eigenvalue weighted by atomic mass is 10.0. The standard InChI is InChI=1S/C21H32N4O/c26-21(7-6-17-8-9-22-15-17)23-19-2-1-3-20(14-19)25-12-10-24(11-13-25)16-18-4-5-18/h1-3,14,17-18,22H,4-13,15-16H2,(H,23,26). The predicted molar refractivity (Wildman–Crippen MR) is 107 cm³/mol. The van der Waals surface area contributed by atoms with Crippen molar-refractivity contribution in [1.29, 1.82) is 0 Å². The molecule has 3 fully saturated rings. The number of hydrogen-bond donors (Lipinski definition) is 2. The van der Waals surface area contributed by atoms with Gasteiger partial charge in [-0.15, -0.1) is 0 Å². The van der Waals surface area contributed by atoms with Gasteiger partial charge in [0.05, 0.1) is 0 Å². The molecule has 3 aliphatic rings. The Morgan fingerprint density at radius 2 is 1.96 bits per heavy atom. The molecule has 1 amide bonds. The smallest absolute Gasteiger partial charge is 0.224 e. The fraction of sp³-hybridized carbons (Fsp3) is 0.667. The minimum absolute atomic E-state index is 0.142. The van der Waals surface area contributed by atoms with Gasteiger partial charge in [-0.2, -0.15) is 0 Å². The zero-order chi connectivity index (χ0) is 17.8. The Labute approximate surface area is 157 Å². The molecule has 0 aromatic heterocycles. The van der Waals surface area contributed by atoms with E-state index in [2.05, 4.69) is 38.6 Å². The van der Waals surface area contributed by atoms with Crippen molar-refractivity contribution in [2.24, 2.45) is 11.8 Å². The molecular formula is C21H32N4O. The summed E-state index contributed by atoms with van der Waals surface area (Å²) in [6, 6.07) is 8.35. The van der Waals surface area contributed by atoms with E-state index < -0.39 is 0 Å². The quantitative estimate of drug-likeness (QED) is 0.788. The van der Waals surface area contributed by atoms with Crippen molar-refractivity contribution in [2.45, 2.75) is 32.1 Å². The molecule has 0 bridgehead atoms. The van der Waals surface area contributed by atoms with Gasteiger partial charge >= 0.3 is 0 Å². The van der Waals surface area contributed by atoms with Gasteiger partial charge in [0, 0.05) is 50.5 Å². The predicted octanol–water partition coefficient (Wildman–Crippen LogP) is 2.55. The molecule has 1 aliphatic carbocycles. The number of carbonyl (C=O) groups excluding carboxylic acids is 1. The van der Waals surface area contributed by atoms with Gasteiger partial charge in [-0.25, -0.2) is 0 Å². The Hall–Kier alpha value is -1.59. The largest absolute Gasteiger partial charge is 0.369 e. The van der Waals surface area contributed by atoms with Gasteiger partial charge in [-0.05, 0) is 68.8 Å². The second kappa shape index (κ2) is 8.40. The first-order valence-electron chi connectivity index (χ1n) is 10.3. The van der Waals surface area contributed by atoms with Gasteiger partial charge < -0.3 is 15.5 Å². The highest BCUT2D eigenvalue weighted by atomic mass is 16.1. The third-order valence-electron chi connectivity index (χ3n) is 6.02. The minimum atomic E-state index is 0.142. The first-order chi connectivity index (χ1) is 12.8. The molecule has 26 heavy (non-hydrogen) atoms. The third-order valence-corrected chi connectivity index (χ3v) is 6.02. The molecule has 5 nitrogen and oxygen atoms in total. The van der Waals surface area contributed by atoms with Crippen LogP contribution in [0.3, 0.4) is 0 Å². The maximum Gasteiger partial charge on any atom is 0.224 e. The lowest BCUT2D eigenvalue weighted by molar-refractivity contribution is -0.116. The number of nitrogens with one attached hydrogen (secondary N) is 2. The van der Waals surface area contributed by atoms with Crippen LogP contribution in [-0.4, -0.2) is 56.6 Å². The molecule has 1 aromatic rings. The molecule has 4 rings (SSSR count). The SMILES string of the molecule is O=C(CCC1CCNC1)Nc1cccc(N2CCN(CC3CC3)CC2)c1. The zero-order valence-electron chi connectivity index (χ0n) is 15.8. The monoisotopic (exact) mass is 356 g/mol. The molecule has 1 unspecified atom stereocenters.